The van der Waals surface area contributed by atoms with Gasteiger partial charge in [-0.25, -0.2) is 4.98 Å². The van der Waals surface area contributed by atoms with Crippen molar-refractivity contribution in [2.45, 2.75) is 33.2 Å². The molecule has 19 heavy (non-hydrogen) atoms. The first-order chi connectivity index (χ1) is 9.24. The van der Waals surface area contributed by atoms with Crippen LogP contribution in [0.5, 0.6) is 0 Å². The Kier molecular flexibility index (Phi) is 5.37. The molecule has 4 heteroatoms. The van der Waals surface area contributed by atoms with Crippen LogP contribution in [0.3, 0.4) is 0 Å². The molecule has 1 aromatic heterocycles. The molecule has 0 amide bonds. The predicted octanol–water partition coefficient (Wildman–Crippen LogP) is 4.53. The molecule has 0 bridgehead atoms. The minimum atomic E-state index is 0.766. The van der Waals surface area contributed by atoms with E-state index in [2.05, 4.69) is 19.2 Å². The summed E-state index contributed by atoms with van der Waals surface area (Å²) in [6.45, 7) is 6.22. The number of benzene rings is 1. The van der Waals surface area contributed by atoms with E-state index in [1.165, 1.54) is 10.6 Å². The molecule has 2 rings (SSSR count). The summed E-state index contributed by atoms with van der Waals surface area (Å²) in [4.78, 5) is 6.14. The van der Waals surface area contributed by atoms with Gasteiger partial charge in [0.2, 0.25) is 0 Å². The van der Waals surface area contributed by atoms with Crippen molar-refractivity contribution in [2.24, 2.45) is 0 Å². The molecule has 1 aromatic carbocycles. The van der Waals surface area contributed by atoms with Crippen molar-refractivity contribution in [2.75, 3.05) is 6.54 Å². The first-order valence-electron chi connectivity index (χ1n) is 6.69. The number of aryl methyl sites for hydroxylation is 1. The molecule has 0 aliphatic heterocycles. The average Bonchev–Trinajstić information content (AvgIpc) is 2.81. The molecule has 0 saturated heterocycles. The Morgan fingerprint density at radius 3 is 2.58 bits per heavy atom. The summed E-state index contributed by atoms with van der Waals surface area (Å²) in [7, 11) is 0. The molecule has 0 radical (unpaired) electrons. The van der Waals surface area contributed by atoms with Crippen molar-refractivity contribution < 1.29 is 0 Å². The zero-order valence-electron chi connectivity index (χ0n) is 11.4. The molecule has 0 aliphatic rings. The van der Waals surface area contributed by atoms with E-state index in [0.29, 0.717) is 0 Å². The fourth-order valence-electron chi connectivity index (χ4n) is 1.91. The van der Waals surface area contributed by atoms with Crippen LogP contribution in [0.15, 0.2) is 24.3 Å². The van der Waals surface area contributed by atoms with Crippen LogP contribution in [0, 0.1) is 0 Å². The highest BCUT2D eigenvalue weighted by atomic mass is 35.5. The van der Waals surface area contributed by atoms with Crippen molar-refractivity contribution in [3.63, 3.8) is 0 Å². The fraction of sp³-hybridized carbons (Fsp3) is 0.400. The largest absolute Gasteiger partial charge is 0.312 e. The van der Waals surface area contributed by atoms with Gasteiger partial charge in [-0.2, -0.15) is 0 Å². The fourth-order valence-corrected chi connectivity index (χ4v) is 3.12. The van der Waals surface area contributed by atoms with E-state index in [4.69, 9.17) is 16.6 Å². The van der Waals surface area contributed by atoms with Crippen molar-refractivity contribution in [1.29, 1.82) is 0 Å². The van der Waals surface area contributed by atoms with Crippen molar-refractivity contribution >= 4 is 22.9 Å². The van der Waals surface area contributed by atoms with Gasteiger partial charge in [-0.1, -0.05) is 44.0 Å². The number of aromatic nitrogens is 1. The molecule has 0 atom stereocenters. The Labute approximate surface area is 123 Å². The van der Waals surface area contributed by atoms with Crippen LogP contribution < -0.4 is 5.32 Å². The highest BCUT2D eigenvalue weighted by Crippen LogP contribution is 2.29. The van der Waals surface area contributed by atoms with Crippen LogP contribution in [0.25, 0.3) is 10.6 Å². The van der Waals surface area contributed by atoms with Crippen LogP contribution >= 0.6 is 22.9 Å². The van der Waals surface area contributed by atoms with E-state index < -0.39 is 0 Å². The second kappa shape index (κ2) is 7.04. The van der Waals surface area contributed by atoms with Crippen LogP contribution in [-0.4, -0.2) is 11.5 Å². The summed E-state index contributed by atoms with van der Waals surface area (Å²) < 4.78 is 0. The number of nitrogens with one attached hydrogen (secondary N) is 1. The lowest BCUT2D eigenvalue weighted by molar-refractivity contribution is 0.723. The van der Waals surface area contributed by atoms with Gasteiger partial charge in [0, 0.05) is 22.0 Å². The third kappa shape index (κ3) is 3.78. The maximum atomic E-state index is 5.93. The van der Waals surface area contributed by atoms with E-state index in [-0.39, 0.29) is 0 Å². The molecule has 102 valence electrons. The highest BCUT2D eigenvalue weighted by molar-refractivity contribution is 7.15. The smallest absolute Gasteiger partial charge is 0.123 e. The molecule has 0 spiro atoms. The number of thiazole rings is 1. The first kappa shape index (κ1) is 14.5. The molecule has 2 nitrogen and oxygen atoms in total. The van der Waals surface area contributed by atoms with Gasteiger partial charge in [0.25, 0.3) is 0 Å². The third-order valence-electron chi connectivity index (χ3n) is 2.89. The molecular formula is C15H19ClN2S. The Morgan fingerprint density at radius 2 is 1.95 bits per heavy atom. The Hall–Kier alpha value is -0.900. The highest BCUT2D eigenvalue weighted by Gasteiger charge is 2.11. The number of hydrogen-bond donors (Lipinski definition) is 1. The van der Waals surface area contributed by atoms with Crippen molar-refractivity contribution in [3.05, 3.63) is 39.9 Å². The van der Waals surface area contributed by atoms with E-state index in [9.17, 15) is 0 Å². The zero-order valence-corrected chi connectivity index (χ0v) is 12.9. The molecule has 0 aliphatic carbocycles. The SMILES string of the molecule is CCCc1nc(-c2ccc(Cl)cc2)sc1CNCC. The van der Waals surface area contributed by atoms with Crippen molar-refractivity contribution in [3.8, 4) is 10.6 Å². The van der Waals surface area contributed by atoms with Crippen LogP contribution in [0.2, 0.25) is 5.02 Å². The van der Waals surface area contributed by atoms with Gasteiger partial charge in [0.1, 0.15) is 5.01 Å². The average molecular weight is 295 g/mol. The van der Waals surface area contributed by atoms with Gasteiger partial charge < -0.3 is 5.32 Å². The normalized spacial score (nSPS) is 10.9. The minimum Gasteiger partial charge on any atom is -0.312 e. The third-order valence-corrected chi connectivity index (χ3v) is 4.29. The second-order valence-corrected chi connectivity index (χ2v) is 5.95. The summed E-state index contributed by atoms with van der Waals surface area (Å²) in [6.07, 6.45) is 2.17. The van der Waals surface area contributed by atoms with Crippen LogP contribution in [0.1, 0.15) is 30.8 Å². The van der Waals surface area contributed by atoms with Crippen molar-refractivity contribution in [1.82, 2.24) is 10.3 Å². The van der Waals surface area contributed by atoms with E-state index in [1.54, 1.807) is 11.3 Å². The van der Waals surface area contributed by atoms with Crippen LogP contribution in [-0.2, 0) is 13.0 Å². The molecule has 1 N–H and O–H groups in total. The standard InChI is InChI=1S/C15H19ClN2S/c1-3-5-13-14(10-17-4-2)19-15(18-13)11-6-8-12(16)9-7-11/h6-9,17H,3-5,10H2,1-2H3. The Morgan fingerprint density at radius 1 is 1.21 bits per heavy atom. The Bertz CT molecular complexity index is 519. The maximum absolute atomic E-state index is 5.93. The van der Waals surface area contributed by atoms with E-state index in [0.717, 1.165) is 41.5 Å². The summed E-state index contributed by atoms with van der Waals surface area (Å²) >= 11 is 7.71. The predicted molar refractivity (Wildman–Crippen MR) is 83.9 cm³/mol. The molecule has 1 heterocycles. The molecular weight excluding hydrogens is 276 g/mol. The van der Waals surface area contributed by atoms with Gasteiger partial charge >= 0.3 is 0 Å². The van der Waals surface area contributed by atoms with Gasteiger partial charge in [0.15, 0.2) is 0 Å². The zero-order chi connectivity index (χ0) is 13.7. The quantitative estimate of drug-likeness (QED) is 0.847. The van der Waals surface area contributed by atoms with Crippen LogP contribution in [0.4, 0.5) is 0 Å². The van der Waals surface area contributed by atoms with Gasteiger partial charge in [-0.3, -0.25) is 0 Å². The lowest BCUT2D eigenvalue weighted by Gasteiger charge is -2.00. The second-order valence-electron chi connectivity index (χ2n) is 4.43. The lowest BCUT2D eigenvalue weighted by Crippen LogP contribution is -2.11. The number of halogens is 1. The number of hydrogen-bond acceptors (Lipinski definition) is 3. The lowest BCUT2D eigenvalue weighted by atomic mass is 10.2. The summed E-state index contributed by atoms with van der Waals surface area (Å²) in [6, 6.07) is 7.91. The summed E-state index contributed by atoms with van der Waals surface area (Å²) in [5, 5.41) is 5.24. The topological polar surface area (TPSA) is 24.9 Å². The molecule has 2 aromatic rings. The summed E-state index contributed by atoms with van der Waals surface area (Å²) in [5.41, 5.74) is 2.38. The number of nitrogens with zero attached hydrogens (tertiary/aromatic N) is 1. The monoisotopic (exact) mass is 294 g/mol. The first-order valence-corrected chi connectivity index (χ1v) is 7.89. The van der Waals surface area contributed by atoms with E-state index in [1.807, 2.05) is 24.3 Å². The number of rotatable bonds is 6. The maximum Gasteiger partial charge on any atom is 0.123 e. The minimum absolute atomic E-state index is 0.766. The molecule has 0 saturated carbocycles. The molecule has 0 fully saturated rings. The van der Waals surface area contributed by atoms with Gasteiger partial charge in [-0.05, 0) is 25.1 Å². The van der Waals surface area contributed by atoms with Gasteiger partial charge in [0.05, 0.1) is 5.69 Å². The molecule has 0 unspecified atom stereocenters. The Balaban J connectivity index is 2.27. The van der Waals surface area contributed by atoms with Gasteiger partial charge in [-0.15, -0.1) is 11.3 Å². The van der Waals surface area contributed by atoms with E-state index >= 15 is 0 Å². The summed E-state index contributed by atoms with van der Waals surface area (Å²) in [5.74, 6) is 0.